The van der Waals surface area contributed by atoms with Gasteiger partial charge in [0.2, 0.25) is 0 Å². The maximum atomic E-state index is 12.3. The lowest BCUT2D eigenvalue weighted by Gasteiger charge is -2.21. The van der Waals surface area contributed by atoms with E-state index in [0.29, 0.717) is 35.2 Å². The van der Waals surface area contributed by atoms with E-state index in [2.05, 4.69) is 15.8 Å². The summed E-state index contributed by atoms with van der Waals surface area (Å²) >= 11 is 0. The van der Waals surface area contributed by atoms with Gasteiger partial charge in [0.05, 0.1) is 13.7 Å². The lowest BCUT2D eigenvalue weighted by molar-refractivity contribution is -0.136. The largest absolute Gasteiger partial charge is 0.497 e. The number of anilines is 1. The molecule has 9 nitrogen and oxygen atoms in total. The van der Waals surface area contributed by atoms with E-state index in [0.717, 1.165) is 24.0 Å². The average molecular weight is 483 g/mol. The van der Waals surface area contributed by atoms with Gasteiger partial charge < -0.3 is 31.0 Å². The van der Waals surface area contributed by atoms with E-state index < -0.39 is 5.97 Å². The van der Waals surface area contributed by atoms with Crippen molar-refractivity contribution in [3.63, 3.8) is 0 Å². The molecule has 188 valence electrons. The van der Waals surface area contributed by atoms with Gasteiger partial charge in [-0.05, 0) is 48.6 Å². The molecule has 1 saturated carbocycles. The number of oxime groups is 1. The summed E-state index contributed by atoms with van der Waals surface area (Å²) in [5.74, 6) is 0.0272. The molecule has 1 fully saturated rings. The Morgan fingerprint density at radius 2 is 1.89 bits per heavy atom. The number of amides is 1. The zero-order valence-electron chi connectivity index (χ0n) is 20.1. The van der Waals surface area contributed by atoms with Crippen molar-refractivity contribution in [3.8, 4) is 5.75 Å². The summed E-state index contributed by atoms with van der Waals surface area (Å²) < 4.78 is 5.35. The second-order valence-electron chi connectivity index (χ2n) is 8.66. The van der Waals surface area contributed by atoms with Crippen molar-refractivity contribution in [2.45, 2.75) is 38.6 Å². The molecule has 9 heteroatoms. The molecular formula is C26H34N4O5. The molecule has 0 unspecified atom stereocenters. The number of carboxylic acid groups (broad SMARTS) is 1. The number of benzene rings is 2. The standard InChI is InChI=1S/C26H34N4O5/c1-34-22-9-5-8-19(13-22)26(20-10-11-23(27)21(12-20)15-28-16-25(32)33)30-35-17-24(31)29-14-18-6-3-2-4-7-18/h5,8-13,18,28H,2-4,6-7,14-17,27H2,1H3,(H,29,31)(H,32,33)/b30-26-. The van der Waals surface area contributed by atoms with Crippen molar-refractivity contribution in [1.29, 1.82) is 0 Å². The number of hydrogen-bond donors (Lipinski definition) is 4. The van der Waals surface area contributed by atoms with Crippen LogP contribution >= 0.6 is 0 Å². The molecule has 1 aliphatic carbocycles. The quantitative estimate of drug-likeness (QED) is 0.207. The highest BCUT2D eigenvalue weighted by Crippen LogP contribution is 2.23. The van der Waals surface area contributed by atoms with E-state index in [9.17, 15) is 9.59 Å². The third kappa shape index (κ3) is 8.29. The van der Waals surface area contributed by atoms with E-state index in [1.807, 2.05) is 30.3 Å². The van der Waals surface area contributed by atoms with Gasteiger partial charge in [0.1, 0.15) is 11.5 Å². The molecule has 35 heavy (non-hydrogen) atoms. The van der Waals surface area contributed by atoms with Crippen LogP contribution in [-0.4, -0.2) is 49.5 Å². The Labute approximate surface area is 205 Å². The van der Waals surface area contributed by atoms with Crippen molar-refractivity contribution in [2.75, 3.05) is 32.5 Å². The Morgan fingerprint density at radius 3 is 2.63 bits per heavy atom. The Balaban J connectivity index is 1.74. The maximum Gasteiger partial charge on any atom is 0.317 e. The number of hydrogen-bond acceptors (Lipinski definition) is 7. The van der Waals surface area contributed by atoms with Crippen LogP contribution in [-0.2, 0) is 21.0 Å². The SMILES string of the molecule is COc1cccc(/C(=N/OCC(=O)NCC2CCCCC2)c2ccc(N)c(CNCC(=O)O)c2)c1. The molecule has 0 bridgehead atoms. The lowest BCUT2D eigenvalue weighted by Crippen LogP contribution is -2.32. The molecule has 1 amide bonds. The van der Waals surface area contributed by atoms with Crippen molar-refractivity contribution in [2.24, 2.45) is 11.1 Å². The number of carboxylic acids is 1. The minimum atomic E-state index is -0.950. The van der Waals surface area contributed by atoms with Crippen LogP contribution in [0.2, 0.25) is 0 Å². The Hall–Kier alpha value is -3.59. The van der Waals surface area contributed by atoms with Gasteiger partial charge in [-0.1, -0.05) is 42.6 Å². The monoisotopic (exact) mass is 482 g/mol. The first-order valence-electron chi connectivity index (χ1n) is 11.9. The van der Waals surface area contributed by atoms with Crippen LogP contribution in [0.25, 0.3) is 0 Å². The first-order chi connectivity index (χ1) is 17.0. The summed E-state index contributed by atoms with van der Waals surface area (Å²) in [5.41, 5.74) is 9.30. The van der Waals surface area contributed by atoms with Gasteiger partial charge in [-0.3, -0.25) is 9.59 Å². The molecule has 1 aliphatic rings. The number of nitrogens with two attached hydrogens (primary N) is 1. The van der Waals surface area contributed by atoms with E-state index in [1.165, 1.54) is 19.3 Å². The van der Waals surface area contributed by atoms with E-state index in [-0.39, 0.29) is 25.6 Å². The number of aliphatic carboxylic acids is 1. The van der Waals surface area contributed by atoms with Crippen molar-refractivity contribution in [3.05, 3.63) is 59.2 Å². The summed E-state index contributed by atoms with van der Waals surface area (Å²) in [6, 6.07) is 12.7. The highest BCUT2D eigenvalue weighted by atomic mass is 16.6. The topological polar surface area (TPSA) is 135 Å². The number of nitrogens with one attached hydrogen (secondary N) is 2. The number of nitrogens with zero attached hydrogens (tertiary/aromatic N) is 1. The van der Waals surface area contributed by atoms with E-state index in [1.54, 1.807) is 19.2 Å². The molecule has 5 N–H and O–H groups in total. The first-order valence-corrected chi connectivity index (χ1v) is 11.9. The predicted molar refractivity (Wildman–Crippen MR) is 134 cm³/mol. The molecule has 2 aromatic carbocycles. The van der Waals surface area contributed by atoms with Crippen LogP contribution in [0.5, 0.6) is 5.75 Å². The van der Waals surface area contributed by atoms with Crippen LogP contribution in [0.3, 0.4) is 0 Å². The fourth-order valence-corrected chi connectivity index (χ4v) is 4.11. The van der Waals surface area contributed by atoms with Gasteiger partial charge in [-0.15, -0.1) is 0 Å². The number of carbonyl (C=O) groups excluding carboxylic acids is 1. The van der Waals surface area contributed by atoms with Crippen LogP contribution in [0.4, 0.5) is 5.69 Å². The zero-order chi connectivity index (χ0) is 25.0. The highest BCUT2D eigenvalue weighted by Gasteiger charge is 2.15. The number of rotatable bonds is 12. The predicted octanol–water partition coefficient (Wildman–Crippen LogP) is 2.92. The molecule has 0 heterocycles. The molecule has 0 aliphatic heterocycles. The number of ether oxygens (including phenoxy) is 1. The summed E-state index contributed by atoms with van der Waals surface area (Å²) in [6.07, 6.45) is 6.03. The normalized spacial score (nSPS) is 14.4. The van der Waals surface area contributed by atoms with Crippen LogP contribution < -0.4 is 21.1 Å². The van der Waals surface area contributed by atoms with Crippen LogP contribution in [0, 0.1) is 5.92 Å². The minimum Gasteiger partial charge on any atom is -0.497 e. The van der Waals surface area contributed by atoms with Crippen LogP contribution in [0.15, 0.2) is 47.6 Å². The Kier molecular flexibility index (Phi) is 9.92. The van der Waals surface area contributed by atoms with Crippen molar-refractivity contribution in [1.82, 2.24) is 10.6 Å². The number of carbonyl (C=O) groups is 2. The highest BCUT2D eigenvalue weighted by molar-refractivity contribution is 6.13. The number of nitrogen functional groups attached to an aromatic ring is 1. The molecule has 0 spiro atoms. The Morgan fingerprint density at radius 1 is 1.11 bits per heavy atom. The maximum absolute atomic E-state index is 12.3. The molecule has 3 rings (SSSR count). The smallest absolute Gasteiger partial charge is 0.317 e. The molecule has 2 aromatic rings. The summed E-state index contributed by atoms with van der Waals surface area (Å²) in [7, 11) is 1.58. The summed E-state index contributed by atoms with van der Waals surface area (Å²) in [4.78, 5) is 28.6. The molecular weight excluding hydrogens is 448 g/mol. The molecule has 0 atom stereocenters. The van der Waals surface area contributed by atoms with E-state index in [4.69, 9.17) is 20.4 Å². The molecule has 0 saturated heterocycles. The third-order valence-electron chi connectivity index (χ3n) is 6.02. The fourth-order valence-electron chi connectivity index (χ4n) is 4.11. The third-order valence-corrected chi connectivity index (χ3v) is 6.02. The van der Waals surface area contributed by atoms with Gasteiger partial charge in [-0.25, -0.2) is 0 Å². The minimum absolute atomic E-state index is 0.181. The second kappa shape index (κ2) is 13.3. The number of methoxy groups -OCH3 is 1. The van der Waals surface area contributed by atoms with Gasteiger partial charge in [-0.2, -0.15) is 0 Å². The average Bonchev–Trinajstić information content (AvgIpc) is 2.87. The summed E-state index contributed by atoms with van der Waals surface area (Å²) in [5, 5.41) is 19.0. The lowest BCUT2D eigenvalue weighted by atomic mass is 9.89. The van der Waals surface area contributed by atoms with Crippen molar-refractivity contribution >= 4 is 23.3 Å². The Bertz CT molecular complexity index is 1030. The molecule has 0 radical (unpaired) electrons. The fraction of sp³-hybridized carbons (Fsp3) is 0.423. The van der Waals surface area contributed by atoms with Gasteiger partial charge in [0, 0.05) is 29.9 Å². The zero-order valence-corrected chi connectivity index (χ0v) is 20.1. The van der Waals surface area contributed by atoms with Gasteiger partial charge >= 0.3 is 5.97 Å². The van der Waals surface area contributed by atoms with E-state index >= 15 is 0 Å². The second-order valence-corrected chi connectivity index (χ2v) is 8.66. The molecule has 0 aromatic heterocycles. The summed E-state index contributed by atoms with van der Waals surface area (Å²) in [6.45, 7) is 0.572. The first kappa shape index (κ1) is 26.0. The van der Waals surface area contributed by atoms with Crippen molar-refractivity contribution < 1.29 is 24.3 Å². The van der Waals surface area contributed by atoms with Gasteiger partial charge in [0.25, 0.3) is 5.91 Å². The van der Waals surface area contributed by atoms with Gasteiger partial charge in [0.15, 0.2) is 6.61 Å². The van der Waals surface area contributed by atoms with Crippen LogP contribution in [0.1, 0.15) is 48.8 Å².